The van der Waals surface area contributed by atoms with Crippen LogP contribution in [0.2, 0.25) is 0 Å². The lowest BCUT2D eigenvalue weighted by atomic mass is 10.00. The summed E-state index contributed by atoms with van der Waals surface area (Å²) in [4.78, 5) is 17.2. The largest absolute Gasteiger partial charge is 0.444 e. The maximum atomic E-state index is 14.1. The Bertz CT molecular complexity index is 994. The molecule has 0 N–H and O–H groups in total. The van der Waals surface area contributed by atoms with E-state index in [0.29, 0.717) is 41.2 Å². The van der Waals surface area contributed by atoms with Crippen molar-refractivity contribution in [2.75, 3.05) is 6.54 Å². The number of nitrogens with zero attached hydrogens (tertiary/aromatic N) is 6. The molecule has 0 saturated carbocycles. The standard InChI is InChI=1S/C20H25FN6O2/c1-11-9-14(10-12(2)17(11)21)27-18(23-25-22)16-13(3)26(8-7-15(16)24-27)19(28)29-20(4,5)6/h9-10,13H,7-8H2,1-6H3/t13-/m0/s1. The number of halogens is 1. The topological polar surface area (TPSA) is 96.1 Å². The molecule has 9 heteroatoms. The predicted octanol–water partition coefficient (Wildman–Crippen LogP) is 5.42. The SMILES string of the molecule is Cc1cc(-n2nc3c(c2N=[N+]=[N-])[C@H](C)N(C(=O)OC(C)(C)C)CC3)cc(C)c1F. The second-order valence-corrected chi connectivity index (χ2v) is 8.28. The van der Waals surface area contributed by atoms with Crippen molar-refractivity contribution in [3.8, 4) is 5.69 Å². The van der Waals surface area contributed by atoms with Crippen molar-refractivity contribution in [3.63, 3.8) is 0 Å². The average molecular weight is 400 g/mol. The molecule has 0 fully saturated rings. The summed E-state index contributed by atoms with van der Waals surface area (Å²) in [5, 5.41) is 8.49. The molecule has 1 aromatic carbocycles. The van der Waals surface area contributed by atoms with Gasteiger partial charge in [-0.25, -0.2) is 13.9 Å². The first-order chi connectivity index (χ1) is 13.5. The molecule has 0 unspecified atom stereocenters. The summed E-state index contributed by atoms with van der Waals surface area (Å²) in [6, 6.07) is 2.94. The molecule has 2 heterocycles. The van der Waals surface area contributed by atoms with Crippen LogP contribution in [-0.2, 0) is 11.2 Å². The first-order valence-electron chi connectivity index (χ1n) is 9.47. The third-order valence-corrected chi connectivity index (χ3v) is 4.88. The number of hydrogen-bond acceptors (Lipinski definition) is 4. The van der Waals surface area contributed by atoms with Gasteiger partial charge in [-0.1, -0.05) is 0 Å². The molecule has 0 saturated heterocycles. The number of benzene rings is 1. The van der Waals surface area contributed by atoms with Crippen LogP contribution in [0.3, 0.4) is 0 Å². The van der Waals surface area contributed by atoms with Gasteiger partial charge >= 0.3 is 6.09 Å². The van der Waals surface area contributed by atoms with Gasteiger partial charge in [0.2, 0.25) is 0 Å². The molecule has 29 heavy (non-hydrogen) atoms. The van der Waals surface area contributed by atoms with Gasteiger partial charge in [-0.2, -0.15) is 5.10 Å². The highest BCUT2D eigenvalue weighted by atomic mass is 19.1. The van der Waals surface area contributed by atoms with E-state index < -0.39 is 11.7 Å². The van der Waals surface area contributed by atoms with Gasteiger partial charge in [-0.15, -0.1) is 0 Å². The lowest BCUT2D eigenvalue weighted by Crippen LogP contribution is -2.41. The molecule has 1 aliphatic heterocycles. The van der Waals surface area contributed by atoms with Gasteiger partial charge in [0.05, 0.1) is 17.4 Å². The number of hydrogen-bond donors (Lipinski definition) is 0. The predicted molar refractivity (Wildman–Crippen MR) is 107 cm³/mol. The molecule has 1 atom stereocenters. The van der Waals surface area contributed by atoms with Gasteiger partial charge in [-0.05, 0) is 75.4 Å². The van der Waals surface area contributed by atoms with Crippen molar-refractivity contribution in [2.24, 2.45) is 5.11 Å². The molecule has 2 aromatic rings. The Morgan fingerprint density at radius 2 is 1.97 bits per heavy atom. The molecule has 0 radical (unpaired) electrons. The van der Waals surface area contributed by atoms with E-state index in [-0.39, 0.29) is 11.9 Å². The van der Waals surface area contributed by atoms with E-state index in [1.165, 1.54) is 4.68 Å². The maximum absolute atomic E-state index is 14.1. The zero-order chi connectivity index (χ0) is 21.5. The van der Waals surface area contributed by atoms with Crippen LogP contribution in [0.5, 0.6) is 0 Å². The fraction of sp³-hybridized carbons (Fsp3) is 0.500. The first kappa shape index (κ1) is 20.7. The first-order valence-corrected chi connectivity index (χ1v) is 9.47. The zero-order valence-corrected chi connectivity index (χ0v) is 17.5. The van der Waals surface area contributed by atoms with Crippen molar-refractivity contribution < 1.29 is 13.9 Å². The van der Waals surface area contributed by atoms with E-state index >= 15 is 0 Å². The molecule has 0 bridgehead atoms. The van der Waals surface area contributed by atoms with Crippen molar-refractivity contribution in [1.29, 1.82) is 0 Å². The highest BCUT2D eigenvalue weighted by Gasteiger charge is 2.35. The van der Waals surface area contributed by atoms with E-state index in [9.17, 15) is 9.18 Å². The molecular weight excluding hydrogens is 375 g/mol. The second kappa shape index (κ2) is 7.40. The summed E-state index contributed by atoms with van der Waals surface area (Å²) in [5.74, 6) is 0.0224. The third-order valence-electron chi connectivity index (χ3n) is 4.88. The number of amides is 1. The summed E-state index contributed by atoms with van der Waals surface area (Å²) in [7, 11) is 0. The van der Waals surface area contributed by atoms with Gasteiger partial charge in [-0.3, -0.25) is 0 Å². The average Bonchev–Trinajstić information content (AvgIpc) is 2.97. The van der Waals surface area contributed by atoms with E-state index in [4.69, 9.17) is 10.3 Å². The number of rotatable bonds is 2. The van der Waals surface area contributed by atoms with E-state index in [1.807, 2.05) is 27.7 Å². The van der Waals surface area contributed by atoms with E-state index in [1.54, 1.807) is 30.9 Å². The monoisotopic (exact) mass is 400 g/mol. The van der Waals surface area contributed by atoms with Crippen LogP contribution in [0.25, 0.3) is 16.1 Å². The molecule has 3 rings (SSSR count). The Labute approximate surface area is 168 Å². The quantitative estimate of drug-likeness (QED) is 0.382. The van der Waals surface area contributed by atoms with Gasteiger partial charge in [0.25, 0.3) is 0 Å². The van der Waals surface area contributed by atoms with Crippen molar-refractivity contribution in [1.82, 2.24) is 14.7 Å². The smallest absolute Gasteiger partial charge is 0.410 e. The Balaban J connectivity index is 2.09. The summed E-state index contributed by atoms with van der Waals surface area (Å²) >= 11 is 0. The van der Waals surface area contributed by atoms with Gasteiger partial charge in [0.1, 0.15) is 17.2 Å². The summed E-state index contributed by atoms with van der Waals surface area (Å²) < 4.78 is 21.1. The Kier molecular flexibility index (Phi) is 5.28. The molecular formula is C20H25FN6O2. The highest BCUT2D eigenvalue weighted by Crippen LogP contribution is 2.39. The second-order valence-electron chi connectivity index (χ2n) is 8.28. The molecule has 1 aromatic heterocycles. The number of azide groups is 1. The minimum Gasteiger partial charge on any atom is -0.444 e. The van der Waals surface area contributed by atoms with E-state index in [0.717, 1.165) is 5.69 Å². The minimum absolute atomic E-state index is 0.277. The number of carbonyl (C=O) groups excluding carboxylic acids is 1. The van der Waals surface area contributed by atoms with Gasteiger partial charge in [0, 0.05) is 23.4 Å². The van der Waals surface area contributed by atoms with Crippen LogP contribution < -0.4 is 0 Å². The number of aryl methyl sites for hydroxylation is 2. The normalized spacial score (nSPS) is 16.2. The third kappa shape index (κ3) is 3.91. The van der Waals surface area contributed by atoms with Crippen LogP contribution in [0, 0.1) is 19.7 Å². The molecule has 154 valence electrons. The van der Waals surface area contributed by atoms with Crippen molar-refractivity contribution >= 4 is 11.9 Å². The lowest BCUT2D eigenvalue weighted by Gasteiger charge is -2.34. The van der Waals surface area contributed by atoms with Crippen LogP contribution in [0.1, 0.15) is 56.1 Å². The van der Waals surface area contributed by atoms with Crippen molar-refractivity contribution in [2.45, 2.75) is 59.6 Å². The zero-order valence-electron chi connectivity index (χ0n) is 17.5. The maximum Gasteiger partial charge on any atom is 0.410 e. The number of carbonyl (C=O) groups is 1. The van der Waals surface area contributed by atoms with Crippen LogP contribution in [0.4, 0.5) is 15.0 Å². The van der Waals surface area contributed by atoms with Gasteiger partial charge < -0.3 is 9.64 Å². The number of ether oxygens (including phenoxy) is 1. The Hall–Kier alpha value is -3.06. The summed E-state index contributed by atoms with van der Waals surface area (Å²) in [6.07, 6.45) is 0.0720. The molecule has 1 aliphatic rings. The fourth-order valence-corrected chi connectivity index (χ4v) is 3.59. The Morgan fingerprint density at radius 3 is 2.52 bits per heavy atom. The number of fused-ring (bicyclic) bond motifs is 1. The molecule has 8 nitrogen and oxygen atoms in total. The number of aromatic nitrogens is 2. The Morgan fingerprint density at radius 1 is 1.34 bits per heavy atom. The molecule has 0 aliphatic carbocycles. The van der Waals surface area contributed by atoms with E-state index in [2.05, 4.69) is 15.1 Å². The fourth-order valence-electron chi connectivity index (χ4n) is 3.59. The van der Waals surface area contributed by atoms with Crippen molar-refractivity contribution in [3.05, 3.63) is 50.8 Å². The lowest BCUT2D eigenvalue weighted by molar-refractivity contribution is 0.0160. The molecule has 1 amide bonds. The van der Waals surface area contributed by atoms with Crippen LogP contribution in [0.15, 0.2) is 17.2 Å². The molecule has 0 spiro atoms. The van der Waals surface area contributed by atoms with Crippen LogP contribution in [-0.4, -0.2) is 32.9 Å². The highest BCUT2D eigenvalue weighted by molar-refractivity contribution is 5.70. The van der Waals surface area contributed by atoms with Crippen LogP contribution >= 0.6 is 0 Å². The summed E-state index contributed by atoms with van der Waals surface area (Å²) in [5.41, 5.74) is 11.5. The minimum atomic E-state index is -0.613. The summed E-state index contributed by atoms with van der Waals surface area (Å²) in [6.45, 7) is 11.1. The van der Waals surface area contributed by atoms with Gasteiger partial charge in [0.15, 0.2) is 0 Å².